The van der Waals surface area contributed by atoms with E-state index in [0.717, 1.165) is 11.1 Å². The Morgan fingerprint density at radius 3 is 2.54 bits per heavy atom. The summed E-state index contributed by atoms with van der Waals surface area (Å²) in [5, 5.41) is 2.25. The molecule has 0 saturated heterocycles. The minimum absolute atomic E-state index is 0. The average molecular weight is 390 g/mol. The molecule has 5 nitrogen and oxygen atoms in total. The van der Waals surface area contributed by atoms with Gasteiger partial charge in [0.25, 0.3) is 5.92 Å². The van der Waals surface area contributed by atoms with Crippen molar-refractivity contribution in [3.8, 4) is 0 Å². The van der Waals surface area contributed by atoms with Crippen molar-refractivity contribution in [1.82, 2.24) is 10.2 Å². The monoisotopic (exact) mass is 389 g/mol. The molecule has 0 radical (unpaired) electrons. The largest absolute Gasteiger partial charge is 0.348 e. The first-order chi connectivity index (χ1) is 11.8. The SMILES string of the molecule is CCC(C)C(=O)N1Cc2ccccc2CC1C(=O)NCC(F)(F)CN.Cl. The van der Waals surface area contributed by atoms with E-state index in [-0.39, 0.29) is 24.2 Å². The number of carbonyl (C=O) groups is 2. The topological polar surface area (TPSA) is 75.4 Å². The van der Waals surface area contributed by atoms with E-state index in [1.54, 1.807) is 6.92 Å². The Morgan fingerprint density at radius 2 is 1.96 bits per heavy atom. The fraction of sp³-hybridized carbons (Fsp3) is 0.556. The van der Waals surface area contributed by atoms with E-state index in [1.807, 2.05) is 31.2 Å². The van der Waals surface area contributed by atoms with Crippen molar-refractivity contribution in [2.45, 2.75) is 45.2 Å². The lowest BCUT2D eigenvalue weighted by atomic mass is 9.92. The van der Waals surface area contributed by atoms with Crippen LogP contribution in [0.25, 0.3) is 0 Å². The summed E-state index contributed by atoms with van der Waals surface area (Å²) >= 11 is 0. The molecule has 0 bridgehead atoms. The number of rotatable bonds is 6. The maximum Gasteiger partial charge on any atom is 0.277 e. The van der Waals surface area contributed by atoms with Crippen molar-refractivity contribution in [3.05, 3.63) is 35.4 Å². The van der Waals surface area contributed by atoms with Gasteiger partial charge in [0.2, 0.25) is 11.8 Å². The molecule has 0 aliphatic carbocycles. The highest BCUT2D eigenvalue weighted by Crippen LogP contribution is 2.25. The molecule has 146 valence electrons. The highest BCUT2D eigenvalue weighted by atomic mass is 35.5. The highest BCUT2D eigenvalue weighted by Gasteiger charge is 2.37. The second-order valence-electron chi connectivity index (χ2n) is 6.54. The number of amides is 2. The number of nitrogens with zero attached hydrogens (tertiary/aromatic N) is 1. The van der Waals surface area contributed by atoms with Crippen molar-refractivity contribution in [2.24, 2.45) is 11.7 Å². The van der Waals surface area contributed by atoms with Crippen LogP contribution in [0.5, 0.6) is 0 Å². The van der Waals surface area contributed by atoms with Crippen LogP contribution in [-0.2, 0) is 22.6 Å². The van der Waals surface area contributed by atoms with Gasteiger partial charge >= 0.3 is 0 Å². The number of nitrogens with two attached hydrogens (primary N) is 1. The zero-order valence-electron chi connectivity index (χ0n) is 15.0. The summed E-state index contributed by atoms with van der Waals surface area (Å²) in [6.45, 7) is 2.35. The van der Waals surface area contributed by atoms with Crippen LogP contribution in [0.1, 0.15) is 31.4 Å². The van der Waals surface area contributed by atoms with E-state index in [1.165, 1.54) is 4.90 Å². The van der Waals surface area contributed by atoms with Gasteiger partial charge in [-0.2, -0.15) is 0 Å². The zero-order chi connectivity index (χ0) is 18.6. The Kier molecular flexibility index (Phi) is 7.96. The summed E-state index contributed by atoms with van der Waals surface area (Å²) in [5.41, 5.74) is 6.94. The minimum Gasteiger partial charge on any atom is -0.348 e. The van der Waals surface area contributed by atoms with Crippen LogP contribution in [0.4, 0.5) is 8.78 Å². The number of halogens is 3. The molecule has 8 heteroatoms. The zero-order valence-corrected chi connectivity index (χ0v) is 15.8. The molecule has 0 spiro atoms. The number of nitrogens with one attached hydrogen (secondary N) is 1. The lowest BCUT2D eigenvalue weighted by Crippen LogP contribution is -2.55. The normalized spacial score (nSPS) is 17.7. The van der Waals surface area contributed by atoms with Crippen LogP contribution in [0.3, 0.4) is 0 Å². The van der Waals surface area contributed by atoms with Gasteiger partial charge in [-0.3, -0.25) is 9.59 Å². The van der Waals surface area contributed by atoms with Crippen LogP contribution in [0, 0.1) is 5.92 Å². The third kappa shape index (κ3) is 5.14. The molecule has 1 aliphatic rings. The summed E-state index contributed by atoms with van der Waals surface area (Å²) in [5.74, 6) is -4.10. The molecule has 0 aromatic heterocycles. The predicted octanol–water partition coefficient (Wildman–Crippen LogP) is 2.12. The fourth-order valence-electron chi connectivity index (χ4n) is 2.85. The van der Waals surface area contributed by atoms with Crippen LogP contribution in [0.2, 0.25) is 0 Å². The molecular formula is C18H26ClF2N3O2. The first kappa shape index (κ1) is 22.3. The Morgan fingerprint density at radius 1 is 1.35 bits per heavy atom. The quantitative estimate of drug-likeness (QED) is 0.782. The molecule has 3 N–H and O–H groups in total. The van der Waals surface area contributed by atoms with Gasteiger partial charge in [-0.05, 0) is 17.5 Å². The highest BCUT2D eigenvalue weighted by molar-refractivity contribution is 5.89. The lowest BCUT2D eigenvalue weighted by molar-refractivity contribution is -0.145. The molecule has 26 heavy (non-hydrogen) atoms. The van der Waals surface area contributed by atoms with Crippen LogP contribution in [0.15, 0.2) is 24.3 Å². The fourth-order valence-corrected chi connectivity index (χ4v) is 2.85. The van der Waals surface area contributed by atoms with Crippen LogP contribution in [-0.4, -0.2) is 41.8 Å². The standard InChI is InChI=1S/C18H25F2N3O2.ClH/c1-3-12(2)17(25)23-9-14-7-5-4-6-13(14)8-15(23)16(24)22-11-18(19,20)10-21;/h4-7,12,15H,3,8-11,21H2,1-2H3,(H,22,24);1H. The third-order valence-electron chi connectivity index (χ3n) is 4.69. The van der Waals surface area contributed by atoms with Gasteiger partial charge in [-0.25, -0.2) is 8.78 Å². The maximum atomic E-state index is 13.3. The minimum atomic E-state index is -3.16. The van der Waals surface area contributed by atoms with Gasteiger partial charge < -0.3 is 16.0 Å². The molecule has 1 aromatic carbocycles. The van der Waals surface area contributed by atoms with Crippen LogP contribution >= 0.6 is 12.4 Å². The van der Waals surface area contributed by atoms with E-state index in [2.05, 4.69) is 5.32 Å². The van der Waals surface area contributed by atoms with Gasteiger partial charge in [-0.15, -0.1) is 12.4 Å². The third-order valence-corrected chi connectivity index (χ3v) is 4.69. The van der Waals surface area contributed by atoms with Gasteiger partial charge in [0.1, 0.15) is 6.04 Å². The van der Waals surface area contributed by atoms with Crippen molar-refractivity contribution in [2.75, 3.05) is 13.1 Å². The summed E-state index contributed by atoms with van der Waals surface area (Å²) in [6.07, 6.45) is 0.967. The lowest BCUT2D eigenvalue weighted by Gasteiger charge is -2.37. The summed E-state index contributed by atoms with van der Waals surface area (Å²) in [7, 11) is 0. The van der Waals surface area contributed by atoms with E-state index >= 15 is 0 Å². The van der Waals surface area contributed by atoms with E-state index < -0.39 is 31.0 Å². The number of hydrogen-bond acceptors (Lipinski definition) is 3. The molecule has 1 heterocycles. The average Bonchev–Trinajstić information content (AvgIpc) is 2.63. The van der Waals surface area contributed by atoms with E-state index in [9.17, 15) is 18.4 Å². The summed E-state index contributed by atoms with van der Waals surface area (Å²) in [4.78, 5) is 26.7. The molecule has 1 aromatic rings. The second kappa shape index (κ2) is 9.28. The van der Waals surface area contributed by atoms with Crippen molar-refractivity contribution >= 4 is 24.2 Å². The predicted molar refractivity (Wildman–Crippen MR) is 98.2 cm³/mol. The Bertz CT molecular complexity index is 643. The van der Waals surface area contributed by atoms with Crippen LogP contribution < -0.4 is 11.1 Å². The smallest absolute Gasteiger partial charge is 0.277 e. The number of fused-ring (bicyclic) bond motifs is 1. The van der Waals surface area contributed by atoms with Crippen molar-refractivity contribution < 1.29 is 18.4 Å². The number of carbonyl (C=O) groups excluding carboxylic acids is 2. The first-order valence-corrected chi connectivity index (χ1v) is 8.52. The van der Waals surface area contributed by atoms with E-state index in [4.69, 9.17) is 5.73 Å². The Hall–Kier alpha value is -1.73. The molecule has 0 saturated carbocycles. The van der Waals surface area contributed by atoms with Crippen molar-refractivity contribution in [1.29, 1.82) is 0 Å². The molecule has 2 atom stereocenters. The van der Waals surface area contributed by atoms with Gasteiger partial charge in [0, 0.05) is 18.9 Å². The first-order valence-electron chi connectivity index (χ1n) is 8.52. The number of alkyl halides is 2. The maximum absolute atomic E-state index is 13.3. The summed E-state index contributed by atoms with van der Waals surface area (Å²) in [6, 6.07) is 6.78. The van der Waals surface area contributed by atoms with Crippen molar-refractivity contribution in [3.63, 3.8) is 0 Å². The molecular weight excluding hydrogens is 364 g/mol. The van der Waals surface area contributed by atoms with Gasteiger partial charge in [-0.1, -0.05) is 38.1 Å². The van der Waals surface area contributed by atoms with Gasteiger partial charge in [0.15, 0.2) is 0 Å². The van der Waals surface area contributed by atoms with Gasteiger partial charge in [0.05, 0.1) is 13.1 Å². The molecule has 0 fully saturated rings. The number of hydrogen-bond donors (Lipinski definition) is 2. The number of benzene rings is 1. The Labute approximate surface area is 158 Å². The molecule has 2 amide bonds. The molecule has 1 aliphatic heterocycles. The Balaban J connectivity index is 0.00000338. The summed E-state index contributed by atoms with van der Waals surface area (Å²) < 4.78 is 26.7. The molecule has 2 unspecified atom stereocenters. The second-order valence-corrected chi connectivity index (χ2v) is 6.54. The van der Waals surface area contributed by atoms with E-state index in [0.29, 0.717) is 19.4 Å². The molecule has 2 rings (SSSR count).